The number of likely N-dealkylation sites (tertiary alicyclic amines) is 1. The number of halogens is 2. The van der Waals surface area contributed by atoms with Crippen LogP contribution in [0, 0.1) is 0 Å². The van der Waals surface area contributed by atoms with E-state index in [1.807, 2.05) is 38.3 Å². The van der Waals surface area contributed by atoms with Crippen LogP contribution in [0.25, 0.3) is 0 Å². The first-order valence-corrected chi connectivity index (χ1v) is 10.8. The van der Waals surface area contributed by atoms with Gasteiger partial charge in [-0.3, -0.25) is 4.79 Å². The summed E-state index contributed by atoms with van der Waals surface area (Å²) in [5.74, 6) is 0.633. The monoisotopic (exact) mass is 452 g/mol. The van der Waals surface area contributed by atoms with Crippen LogP contribution < -0.4 is 0 Å². The third-order valence-electron chi connectivity index (χ3n) is 5.11. The minimum Gasteiger partial charge on any atom is -0.492 e. The molecule has 1 aromatic rings. The summed E-state index contributed by atoms with van der Waals surface area (Å²) in [5.41, 5.74) is 1.64. The Kier molecular flexibility index (Phi) is 9.92. The summed E-state index contributed by atoms with van der Waals surface area (Å²) < 4.78 is 5.46. The molecule has 5 nitrogen and oxygen atoms in total. The zero-order chi connectivity index (χ0) is 22.1. The number of hydrogen-bond acceptors (Lipinski definition) is 4. The number of carbonyl (C=O) groups excluding carboxylic acids is 1. The fourth-order valence-corrected chi connectivity index (χ4v) is 3.43. The lowest BCUT2D eigenvalue weighted by atomic mass is 10.0. The molecule has 2 rings (SSSR count). The zero-order valence-electron chi connectivity index (χ0n) is 17.6. The van der Waals surface area contributed by atoms with Crippen LogP contribution in [-0.4, -0.2) is 66.8 Å². The number of benzene rings is 1. The number of likely N-dealkylation sites (N-methyl/N-ethyl adjacent to an activating group) is 1. The fourth-order valence-electron chi connectivity index (χ4n) is 3.11. The molecule has 1 N–H and O–H groups in total. The molecule has 1 amide bonds. The summed E-state index contributed by atoms with van der Waals surface area (Å²) in [7, 11) is 1.81. The topological polar surface area (TPSA) is 53.0 Å². The maximum atomic E-state index is 13.0. The molecule has 1 aliphatic heterocycles. The van der Waals surface area contributed by atoms with Crippen molar-refractivity contribution in [3.8, 4) is 0 Å². The van der Waals surface area contributed by atoms with Gasteiger partial charge in [0, 0.05) is 13.6 Å². The summed E-state index contributed by atoms with van der Waals surface area (Å²) in [6.45, 7) is 9.05. The molecular formula is C23H30Cl2N2O3. The second-order valence-electron chi connectivity index (χ2n) is 7.27. The van der Waals surface area contributed by atoms with Gasteiger partial charge in [-0.1, -0.05) is 41.9 Å². The molecule has 0 saturated carbocycles. The highest BCUT2D eigenvalue weighted by Gasteiger charge is 2.26. The normalized spacial score (nSPS) is 15.7. The van der Waals surface area contributed by atoms with E-state index in [9.17, 15) is 4.79 Å². The average molecular weight is 453 g/mol. The molecule has 1 aromatic carbocycles. The van der Waals surface area contributed by atoms with Crippen LogP contribution in [0.15, 0.2) is 54.3 Å². The first-order chi connectivity index (χ1) is 14.3. The summed E-state index contributed by atoms with van der Waals surface area (Å²) in [4.78, 5) is 17.0. The van der Waals surface area contributed by atoms with E-state index in [1.54, 1.807) is 17.0 Å². The van der Waals surface area contributed by atoms with Crippen LogP contribution in [0.4, 0.5) is 0 Å². The Morgan fingerprint density at radius 3 is 2.63 bits per heavy atom. The number of hydrogen-bond donors (Lipinski definition) is 1. The van der Waals surface area contributed by atoms with Crippen molar-refractivity contribution in [2.45, 2.75) is 25.8 Å². The van der Waals surface area contributed by atoms with Gasteiger partial charge in [0.2, 0.25) is 5.91 Å². The highest BCUT2D eigenvalue weighted by Crippen LogP contribution is 2.23. The zero-order valence-corrected chi connectivity index (χ0v) is 19.1. The third-order valence-corrected chi connectivity index (χ3v) is 5.85. The molecule has 1 fully saturated rings. The number of amides is 1. The molecule has 1 heterocycles. The van der Waals surface area contributed by atoms with Crippen LogP contribution in [0.1, 0.15) is 18.9 Å². The standard InChI is InChI=1S/C23H30Cl2N2O3/c1-4-19(30-13-12-28)8-6-17(2)22(16-27-10-5-11-27)26(3)23(29)15-18-7-9-20(24)21(25)14-18/h4,6-9,14,22,28H,2,5,10-13,15-16H2,1,3H3/b8-6-,19-4+/t22-/m1/s1. The summed E-state index contributed by atoms with van der Waals surface area (Å²) in [6.07, 6.45) is 6.93. The molecule has 0 spiro atoms. The number of nitrogens with zero attached hydrogens (tertiary/aromatic N) is 2. The molecule has 164 valence electrons. The van der Waals surface area contributed by atoms with Gasteiger partial charge in [-0.15, -0.1) is 0 Å². The first kappa shape index (κ1) is 24.5. The van der Waals surface area contributed by atoms with Gasteiger partial charge in [0.05, 0.1) is 29.1 Å². The van der Waals surface area contributed by atoms with Crippen molar-refractivity contribution in [1.29, 1.82) is 0 Å². The van der Waals surface area contributed by atoms with E-state index in [4.69, 9.17) is 33.0 Å². The maximum Gasteiger partial charge on any atom is 0.227 e. The van der Waals surface area contributed by atoms with Crippen molar-refractivity contribution in [1.82, 2.24) is 9.80 Å². The Morgan fingerprint density at radius 1 is 1.33 bits per heavy atom. The van der Waals surface area contributed by atoms with Gasteiger partial charge in [0.1, 0.15) is 12.4 Å². The minimum absolute atomic E-state index is 0.0174. The van der Waals surface area contributed by atoms with E-state index in [0.29, 0.717) is 15.8 Å². The molecule has 0 aliphatic carbocycles. The van der Waals surface area contributed by atoms with Gasteiger partial charge in [-0.2, -0.15) is 0 Å². The van der Waals surface area contributed by atoms with Gasteiger partial charge in [0.15, 0.2) is 0 Å². The number of carbonyl (C=O) groups is 1. The highest BCUT2D eigenvalue weighted by atomic mass is 35.5. The van der Waals surface area contributed by atoms with Crippen molar-refractivity contribution in [3.05, 3.63) is 69.9 Å². The lowest BCUT2D eigenvalue weighted by molar-refractivity contribution is -0.131. The average Bonchev–Trinajstić information content (AvgIpc) is 2.69. The highest BCUT2D eigenvalue weighted by molar-refractivity contribution is 6.42. The SMILES string of the molecule is C=C(/C=C\C(=C/C)OCCO)[C@@H](CN1CCC1)N(C)C(=O)Cc1ccc(Cl)c(Cl)c1. The van der Waals surface area contributed by atoms with E-state index in [2.05, 4.69) is 11.5 Å². The molecule has 0 aromatic heterocycles. The summed E-state index contributed by atoms with van der Waals surface area (Å²) >= 11 is 12.1. The van der Waals surface area contributed by atoms with Crippen LogP contribution >= 0.6 is 23.2 Å². The van der Waals surface area contributed by atoms with Crippen molar-refractivity contribution in [2.75, 3.05) is 39.9 Å². The Morgan fingerprint density at radius 2 is 2.07 bits per heavy atom. The minimum atomic E-state index is -0.159. The van der Waals surface area contributed by atoms with E-state index in [0.717, 1.165) is 30.8 Å². The number of ether oxygens (including phenoxy) is 1. The van der Waals surface area contributed by atoms with E-state index < -0.39 is 0 Å². The van der Waals surface area contributed by atoms with Gasteiger partial charge >= 0.3 is 0 Å². The Balaban J connectivity index is 2.10. The predicted molar refractivity (Wildman–Crippen MR) is 123 cm³/mol. The fraction of sp³-hybridized carbons (Fsp3) is 0.435. The first-order valence-electron chi connectivity index (χ1n) is 10.0. The van der Waals surface area contributed by atoms with Crippen molar-refractivity contribution >= 4 is 29.1 Å². The number of rotatable bonds is 11. The molecule has 1 saturated heterocycles. The second kappa shape index (κ2) is 12.2. The van der Waals surface area contributed by atoms with Crippen LogP contribution in [-0.2, 0) is 16.0 Å². The van der Waals surface area contributed by atoms with Gasteiger partial charge < -0.3 is 19.6 Å². The molecule has 0 radical (unpaired) electrons. The Bertz CT molecular complexity index is 804. The largest absolute Gasteiger partial charge is 0.492 e. The molecule has 1 atom stereocenters. The maximum absolute atomic E-state index is 13.0. The Hall–Kier alpha value is -1.79. The molecule has 1 aliphatic rings. The van der Waals surface area contributed by atoms with Crippen molar-refractivity contribution < 1.29 is 14.6 Å². The van der Waals surface area contributed by atoms with Gasteiger partial charge in [-0.25, -0.2) is 0 Å². The molecule has 30 heavy (non-hydrogen) atoms. The lowest BCUT2D eigenvalue weighted by Crippen LogP contribution is -2.49. The molecule has 0 bridgehead atoms. The van der Waals surface area contributed by atoms with Gasteiger partial charge in [0.25, 0.3) is 0 Å². The third kappa shape index (κ3) is 7.17. The summed E-state index contributed by atoms with van der Waals surface area (Å²) in [5, 5.41) is 9.85. The van der Waals surface area contributed by atoms with E-state index in [1.165, 1.54) is 6.42 Å². The molecular weight excluding hydrogens is 423 g/mol. The van der Waals surface area contributed by atoms with Crippen LogP contribution in [0.5, 0.6) is 0 Å². The number of aliphatic hydroxyl groups excluding tert-OH is 1. The van der Waals surface area contributed by atoms with Crippen molar-refractivity contribution in [3.63, 3.8) is 0 Å². The number of allylic oxidation sites excluding steroid dienone is 2. The van der Waals surface area contributed by atoms with E-state index in [-0.39, 0.29) is 31.6 Å². The van der Waals surface area contributed by atoms with E-state index >= 15 is 0 Å². The lowest BCUT2D eigenvalue weighted by Gasteiger charge is -2.38. The van der Waals surface area contributed by atoms with Crippen LogP contribution in [0.2, 0.25) is 10.0 Å². The second-order valence-corrected chi connectivity index (χ2v) is 8.09. The Labute approximate surface area is 189 Å². The quantitative estimate of drug-likeness (QED) is 0.405. The molecule has 7 heteroatoms. The van der Waals surface area contributed by atoms with Crippen LogP contribution in [0.3, 0.4) is 0 Å². The summed E-state index contributed by atoms with van der Waals surface area (Å²) in [6, 6.07) is 5.09. The molecule has 0 unspecified atom stereocenters. The van der Waals surface area contributed by atoms with Crippen molar-refractivity contribution in [2.24, 2.45) is 0 Å². The number of aliphatic hydroxyl groups is 1. The predicted octanol–water partition coefficient (Wildman–Crippen LogP) is 4.09. The smallest absolute Gasteiger partial charge is 0.227 e. The van der Waals surface area contributed by atoms with Gasteiger partial charge in [-0.05, 0) is 61.9 Å².